The predicted octanol–water partition coefficient (Wildman–Crippen LogP) is 5.57. The smallest absolute Gasteiger partial charge is 0.160 e. The first-order chi connectivity index (χ1) is 12.2. The third kappa shape index (κ3) is 4.09. The number of rotatable bonds is 4. The van der Waals surface area contributed by atoms with Crippen molar-refractivity contribution < 1.29 is 0 Å². The maximum Gasteiger partial charge on any atom is 0.160 e. The van der Waals surface area contributed by atoms with E-state index in [1.54, 1.807) is 7.05 Å². The van der Waals surface area contributed by atoms with Crippen molar-refractivity contribution in [1.29, 1.82) is 0 Å². The minimum absolute atomic E-state index is 0.696. The van der Waals surface area contributed by atoms with Crippen LogP contribution in [0.1, 0.15) is 12.6 Å². The zero-order valence-electron chi connectivity index (χ0n) is 14.1. The van der Waals surface area contributed by atoms with E-state index in [1.165, 1.54) is 0 Å². The van der Waals surface area contributed by atoms with Crippen molar-refractivity contribution in [3.05, 3.63) is 83.0 Å². The van der Waals surface area contributed by atoms with Gasteiger partial charge in [0.2, 0.25) is 0 Å². The van der Waals surface area contributed by atoms with Crippen molar-refractivity contribution in [2.45, 2.75) is 6.92 Å². The van der Waals surface area contributed by atoms with Gasteiger partial charge in [0, 0.05) is 22.6 Å². The van der Waals surface area contributed by atoms with Crippen molar-refractivity contribution in [2.24, 2.45) is 4.99 Å². The molecule has 0 fully saturated rings. The third-order valence-corrected chi connectivity index (χ3v) is 4.25. The van der Waals surface area contributed by atoms with Crippen LogP contribution in [0, 0.1) is 0 Å². The lowest BCUT2D eigenvalue weighted by molar-refractivity contribution is 1.16. The van der Waals surface area contributed by atoms with Crippen LogP contribution in [0.15, 0.2) is 82.3 Å². The monoisotopic (exact) mass is 391 g/mol. The normalized spacial score (nSPS) is 11.9. The molecule has 0 unspecified atom stereocenters. The summed E-state index contributed by atoms with van der Waals surface area (Å²) in [5, 5.41) is 0. The van der Waals surface area contributed by atoms with Gasteiger partial charge in [0.15, 0.2) is 5.82 Å². The lowest BCUT2D eigenvalue weighted by Crippen LogP contribution is -2.04. The second-order valence-corrected chi connectivity index (χ2v) is 6.36. The van der Waals surface area contributed by atoms with Crippen LogP contribution in [-0.2, 0) is 0 Å². The van der Waals surface area contributed by atoms with E-state index in [1.807, 2.05) is 79.7 Å². The molecule has 0 amide bonds. The molecule has 2 aromatic carbocycles. The minimum atomic E-state index is 0.696. The fraction of sp³-hybridized carbons (Fsp3) is 0.0952. The van der Waals surface area contributed by atoms with Crippen LogP contribution >= 0.6 is 15.9 Å². The Hall–Kier alpha value is -2.59. The summed E-state index contributed by atoms with van der Waals surface area (Å²) in [6.45, 7) is 1.97. The standard InChI is InChI=1S/C21H18BrN3/c1-3-7-18(23-2)20-14-19(15-10-12-17(22)13-11-15)24-21(25-20)16-8-5-4-6-9-16/h3-14H,1-2H3/b7-3-,23-18?. The number of aromatic nitrogens is 2. The lowest BCUT2D eigenvalue weighted by atomic mass is 10.1. The molecule has 3 aromatic rings. The fourth-order valence-electron chi connectivity index (χ4n) is 2.50. The van der Waals surface area contributed by atoms with E-state index < -0.39 is 0 Å². The minimum Gasteiger partial charge on any atom is -0.286 e. The Kier molecular flexibility index (Phi) is 5.51. The fourth-order valence-corrected chi connectivity index (χ4v) is 2.76. The number of halogens is 1. The van der Waals surface area contributed by atoms with Gasteiger partial charge < -0.3 is 0 Å². The van der Waals surface area contributed by atoms with Gasteiger partial charge in [-0.15, -0.1) is 0 Å². The Labute approximate surface area is 156 Å². The van der Waals surface area contributed by atoms with Crippen molar-refractivity contribution in [3.8, 4) is 22.6 Å². The first kappa shape index (κ1) is 17.2. The second-order valence-electron chi connectivity index (χ2n) is 5.44. The molecule has 1 aromatic heterocycles. The molecular formula is C21H18BrN3. The summed E-state index contributed by atoms with van der Waals surface area (Å²) in [6.07, 6.45) is 3.93. The summed E-state index contributed by atoms with van der Waals surface area (Å²) in [6, 6.07) is 20.1. The molecule has 0 bridgehead atoms. The third-order valence-electron chi connectivity index (χ3n) is 3.73. The molecule has 3 rings (SSSR count). The highest BCUT2D eigenvalue weighted by atomic mass is 79.9. The van der Waals surface area contributed by atoms with Crippen LogP contribution in [0.5, 0.6) is 0 Å². The maximum absolute atomic E-state index is 4.77. The van der Waals surface area contributed by atoms with Crippen molar-refractivity contribution >= 4 is 21.6 Å². The Bertz CT molecular complexity index is 914. The van der Waals surface area contributed by atoms with Crippen molar-refractivity contribution in [2.75, 3.05) is 7.05 Å². The molecule has 25 heavy (non-hydrogen) atoms. The summed E-state index contributed by atoms with van der Waals surface area (Å²) >= 11 is 3.48. The van der Waals surface area contributed by atoms with Gasteiger partial charge in [-0.25, -0.2) is 9.97 Å². The summed E-state index contributed by atoms with van der Waals surface area (Å²) in [5.74, 6) is 0.696. The molecule has 4 heteroatoms. The Balaban J connectivity index is 2.19. The number of nitrogens with zero attached hydrogens (tertiary/aromatic N) is 3. The Morgan fingerprint density at radius 1 is 0.960 bits per heavy atom. The van der Waals surface area contributed by atoms with Gasteiger partial charge in [0.25, 0.3) is 0 Å². The quantitative estimate of drug-likeness (QED) is 0.545. The van der Waals surface area contributed by atoms with Gasteiger partial charge in [0.05, 0.1) is 17.1 Å². The molecule has 124 valence electrons. The highest BCUT2D eigenvalue weighted by Crippen LogP contribution is 2.24. The van der Waals surface area contributed by atoms with E-state index in [0.717, 1.165) is 32.7 Å². The zero-order valence-corrected chi connectivity index (χ0v) is 15.7. The zero-order chi connectivity index (χ0) is 17.6. The first-order valence-corrected chi connectivity index (χ1v) is 8.81. The second kappa shape index (κ2) is 7.99. The van der Waals surface area contributed by atoms with Crippen molar-refractivity contribution in [3.63, 3.8) is 0 Å². The topological polar surface area (TPSA) is 38.1 Å². The van der Waals surface area contributed by atoms with Crippen LogP contribution < -0.4 is 0 Å². The molecule has 0 aliphatic rings. The summed E-state index contributed by atoms with van der Waals surface area (Å²) in [7, 11) is 1.78. The number of hydrogen-bond acceptors (Lipinski definition) is 3. The SMILES string of the molecule is C/C=C\C(=NC)c1cc(-c2ccc(Br)cc2)nc(-c2ccccc2)n1. The lowest BCUT2D eigenvalue weighted by Gasteiger charge is -2.09. The average molecular weight is 392 g/mol. The molecule has 0 aliphatic carbocycles. The average Bonchev–Trinajstić information content (AvgIpc) is 2.67. The molecule has 1 heterocycles. The van der Waals surface area contributed by atoms with Gasteiger partial charge in [-0.05, 0) is 31.2 Å². The molecule has 0 saturated heterocycles. The molecule has 0 atom stereocenters. The van der Waals surface area contributed by atoms with E-state index >= 15 is 0 Å². The number of hydrogen-bond donors (Lipinski definition) is 0. The van der Waals surface area contributed by atoms with Gasteiger partial charge in [-0.2, -0.15) is 0 Å². The molecular weight excluding hydrogens is 374 g/mol. The molecule has 0 radical (unpaired) electrons. The predicted molar refractivity (Wildman–Crippen MR) is 108 cm³/mol. The van der Waals surface area contributed by atoms with Crippen LogP contribution in [0.3, 0.4) is 0 Å². The largest absolute Gasteiger partial charge is 0.286 e. The van der Waals surface area contributed by atoms with Crippen LogP contribution in [-0.4, -0.2) is 22.7 Å². The van der Waals surface area contributed by atoms with Gasteiger partial charge in [0.1, 0.15) is 0 Å². The molecule has 0 spiro atoms. The molecule has 0 saturated carbocycles. The maximum atomic E-state index is 4.77. The summed E-state index contributed by atoms with van der Waals surface area (Å²) < 4.78 is 1.04. The van der Waals surface area contributed by atoms with E-state index in [0.29, 0.717) is 5.82 Å². The van der Waals surface area contributed by atoms with E-state index in [2.05, 4.69) is 20.9 Å². The number of allylic oxidation sites excluding steroid dienone is 2. The van der Waals surface area contributed by atoms with Gasteiger partial charge in [-0.3, -0.25) is 4.99 Å². The highest BCUT2D eigenvalue weighted by molar-refractivity contribution is 9.10. The van der Waals surface area contributed by atoms with Crippen LogP contribution in [0.4, 0.5) is 0 Å². The molecule has 3 nitrogen and oxygen atoms in total. The first-order valence-electron chi connectivity index (χ1n) is 8.01. The van der Waals surface area contributed by atoms with E-state index in [-0.39, 0.29) is 0 Å². The van der Waals surface area contributed by atoms with Crippen LogP contribution in [0.25, 0.3) is 22.6 Å². The van der Waals surface area contributed by atoms with Gasteiger partial charge >= 0.3 is 0 Å². The van der Waals surface area contributed by atoms with Crippen LogP contribution in [0.2, 0.25) is 0 Å². The molecule has 0 aliphatic heterocycles. The van der Waals surface area contributed by atoms with E-state index in [4.69, 9.17) is 9.97 Å². The van der Waals surface area contributed by atoms with Gasteiger partial charge in [-0.1, -0.05) is 64.5 Å². The van der Waals surface area contributed by atoms with Crippen molar-refractivity contribution in [1.82, 2.24) is 9.97 Å². The Morgan fingerprint density at radius 3 is 2.32 bits per heavy atom. The summed E-state index contributed by atoms with van der Waals surface area (Å²) in [4.78, 5) is 13.9. The molecule has 0 N–H and O–H groups in total. The number of benzene rings is 2. The highest BCUT2D eigenvalue weighted by Gasteiger charge is 2.11. The van der Waals surface area contributed by atoms with E-state index in [9.17, 15) is 0 Å². The summed E-state index contributed by atoms with van der Waals surface area (Å²) in [5.41, 5.74) is 4.55. The number of aliphatic imine (C=N–C) groups is 1. The Morgan fingerprint density at radius 2 is 1.68 bits per heavy atom.